The second-order valence-corrected chi connectivity index (χ2v) is 7.71. The molecule has 0 unspecified atom stereocenters. The Morgan fingerprint density at radius 1 is 1.15 bits per heavy atom. The van der Waals surface area contributed by atoms with Gasteiger partial charge in [0.05, 0.1) is 5.56 Å². The Bertz CT molecular complexity index is 926. The molecular formula is C21H21ClN2O2S. The predicted octanol–water partition coefficient (Wildman–Crippen LogP) is 4.45. The molecule has 0 atom stereocenters. The van der Waals surface area contributed by atoms with Gasteiger partial charge in [0, 0.05) is 29.5 Å². The van der Waals surface area contributed by atoms with Crippen LogP contribution in [0.1, 0.15) is 26.4 Å². The minimum absolute atomic E-state index is 0.0741. The molecule has 0 bridgehead atoms. The number of amides is 1. The van der Waals surface area contributed by atoms with Gasteiger partial charge in [0.15, 0.2) is 0 Å². The van der Waals surface area contributed by atoms with Gasteiger partial charge in [0.2, 0.25) is 0 Å². The summed E-state index contributed by atoms with van der Waals surface area (Å²) in [7, 11) is 0. The molecule has 2 aromatic carbocycles. The van der Waals surface area contributed by atoms with Crippen LogP contribution in [0.4, 0.5) is 0 Å². The summed E-state index contributed by atoms with van der Waals surface area (Å²) in [6, 6.07) is 16.5. The van der Waals surface area contributed by atoms with Gasteiger partial charge in [-0.1, -0.05) is 41.9 Å². The number of hydrogen-bond acceptors (Lipinski definition) is 4. The van der Waals surface area contributed by atoms with E-state index >= 15 is 0 Å². The number of carbonyl (C=O) groups is 1. The summed E-state index contributed by atoms with van der Waals surface area (Å²) in [5.41, 5.74) is 7.79. The first-order valence-electron chi connectivity index (χ1n) is 8.63. The SMILES string of the molecule is Clc1ccccc1CN1CCc2sccc2C1.NC(=O)c1ccccc1O. The third kappa shape index (κ3) is 5.10. The van der Waals surface area contributed by atoms with E-state index in [1.54, 1.807) is 17.0 Å². The summed E-state index contributed by atoms with van der Waals surface area (Å²) in [4.78, 5) is 14.5. The van der Waals surface area contributed by atoms with Crippen molar-refractivity contribution < 1.29 is 9.90 Å². The molecule has 1 aliphatic rings. The van der Waals surface area contributed by atoms with E-state index in [2.05, 4.69) is 28.5 Å². The monoisotopic (exact) mass is 400 g/mol. The highest BCUT2D eigenvalue weighted by Gasteiger charge is 2.17. The zero-order chi connectivity index (χ0) is 19.2. The van der Waals surface area contributed by atoms with Crippen molar-refractivity contribution in [2.24, 2.45) is 5.73 Å². The fourth-order valence-corrected chi connectivity index (χ4v) is 4.08. The van der Waals surface area contributed by atoms with Crippen molar-refractivity contribution in [1.29, 1.82) is 0 Å². The van der Waals surface area contributed by atoms with Crippen LogP contribution in [-0.4, -0.2) is 22.5 Å². The van der Waals surface area contributed by atoms with Crippen LogP contribution < -0.4 is 5.73 Å². The number of rotatable bonds is 3. The van der Waals surface area contributed by atoms with Gasteiger partial charge in [-0.2, -0.15) is 0 Å². The number of nitrogens with two attached hydrogens (primary N) is 1. The number of phenols is 1. The van der Waals surface area contributed by atoms with E-state index in [0.717, 1.165) is 24.7 Å². The molecule has 3 aromatic rings. The Labute approximate surface area is 167 Å². The molecule has 6 heteroatoms. The molecular weight excluding hydrogens is 380 g/mol. The molecule has 1 aromatic heterocycles. The molecule has 4 rings (SSSR count). The van der Waals surface area contributed by atoms with Gasteiger partial charge >= 0.3 is 0 Å². The maximum absolute atomic E-state index is 10.5. The second-order valence-electron chi connectivity index (χ2n) is 6.30. The minimum atomic E-state index is -0.613. The van der Waals surface area contributed by atoms with E-state index in [0.29, 0.717) is 0 Å². The lowest BCUT2D eigenvalue weighted by atomic mass is 10.1. The number of fused-ring (bicyclic) bond motifs is 1. The first kappa shape index (κ1) is 19.4. The van der Waals surface area contributed by atoms with Crippen LogP contribution >= 0.6 is 22.9 Å². The number of aromatic hydroxyl groups is 1. The molecule has 0 radical (unpaired) electrons. The third-order valence-corrected chi connectivity index (χ3v) is 5.80. The summed E-state index contributed by atoms with van der Waals surface area (Å²) >= 11 is 8.08. The molecule has 140 valence electrons. The van der Waals surface area contributed by atoms with Crippen LogP contribution in [-0.2, 0) is 19.5 Å². The zero-order valence-corrected chi connectivity index (χ0v) is 16.3. The van der Waals surface area contributed by atoms with Gasteiger partial charge in [-0.25, -0.2) is 0 Å². The summed E-state index contributed by atoms with van der Waals surface area (Å²) in [6.45, 7) is 3.15. The lowest BCUT2D eigenvalue weighted by Gasteiger charge is -2.27. The normalized spacial score (nSPS) is 13.4. The number of primary amides is 1. The molecule has 0 fully saturated rings. The largest absolute Gasteiger partial charge is 0.507 e. The molecule has 4 nitrogen and oxygen atoms in total. The Balaban J connectivity index is 0.000000180. The van der Waals surface area contributed by atoms with Crippen LogP contribution in [0.2, 0.25) is 5.02 Å². The Hall–Kier alpha value is -2.34. The summed E-state index contributed by atoms with van der Waals surface area (Å²) in [5.74, 6) is -0.687. The highest BCUT2D eigenvalue weighted by Crippen LogP contribution is 2.26. The standard InChI is InChI=1S/C14H14ClNS.C7H7NO2/c15-13-4-2-1-3-11(13)9-16-7-5-14-12(10-16)6-8-17-14;8-7(10)5-3-1-2-4-6(5)9/h1-4,6,8H,5,7,9-10H2;1-4,9H,(H2,8,10). The van der Waals surface area contributed by atoms with Crippen molar-refractivity contribution in [3.05, 3.63) is 86.6 Å². The predicted molar refractivity (Wildman–Crippen MR) is 110 cm³/mol. The summed E-state index contributed by atoms with van der Waals surface area (Å²) in [6.07, 6.45) is 1.18. The Kier molecular flexibility index (Phi) is 6.50. The van der Waals surface area contributed by atoms with E-state index in [9.17, 15) is 4.79 Å². The zero-order valence-electron chi connectivity index (χ0n) is 14.8. The van der Waals surface area contributed by atoms with Gasteiger partial charge in [0.25, 0.3) is 5.91 Å². The Morgan fingerprint density at radius 2 is 1.89 bits per heavy atom. The minimum Gasteiger partial charge on any atom is -0.507 e. The molecule has 2 heterocycles. The van der Waals surface area contributed by atoms with Crippen molar-refractivity contribution in [1.82, 2.24) is 4.90 Å². The molecule has 0 spiro atoms. The smallest absolute Gasteiger partial charge is 0.252 e. The van der Waals surface area contributed by atoms with E-state index < -0.39 is 5.91 Å². The van der Waals surface area contributed by atoms with Gasteiger partial charge in [-0.3, -0.25) is 9.69 Å². The van der Waals surface area contributed by atoms with Crippen LogP contribution in [0.5, 0.6) is 5.75 Å². The van der Waals surface area contributed by atoms with Crippen LogP contribution in [0.25, 0.3) is 0 Å². The second kappa shape index (κ2) is 9.04. The van der Waals surface area contributed by atoms with Crippen molar-refractivity contribution in [2.75, 3.05) is 6.54 Å². The molecule has 0 saturated heterocycles. The molecule has 0 saturated carbocycles. The topological polar surface area (TPSA) is 66.6 Å². The van der Waals surface area contributed by atoms with Crippen LogP contribution in [0, 0.1) is 0 Å². The molecule has 27 heavy (non-hydrogen) atoms. The van der Waals surface area contributed by atoms with E-state index in [4.69, 9.17) is 22.4 Å². The number of hydrogen-bond donors (Lipinski definition) is 2. The van der Waals surface area contributed by atoms with Crippen molar-refractivity contribution in [2.45, 2.75) is 19.5 Å². The fraction of sp³-hybridized carbons (Fsp3) is 0.190. The highest BCUT2D eigenvalue weighted by molar-refractivity contribution is 7.10. The number of nitrogens with zero attached hydrogens (tertiary/aromatic N) is 1. The van der Waals surface area contributed by atoms with Gasteiger partial charge in [0.1, 0.15) is 5.75 Å². The molecule has 1 amide bonds. The quantitative estimate of drug-likeness (QED) is 0.682. The summed E-state index contributed by atoms with van der Waals surface area (Å²) in [5, 5.41) is 12.1. The van der Waals surface area contributed by atoms with Crippen molar-refractivity contribution >= 4 is 28.8 Å². The fourth-order valence-electron chi connectivity index (χ4n) is 2.99. The van der Waals surface area contributed by atoms with E-state index in [1.807, 2.05) is 23.5 Å². The molecule has 3 N–H and O–H groups in total. The van der Waals surface area contributed by atoms with Gasteiger partial charge in [-0.05, 0) is 47.2 Å². The van der Waals surface area contributed by atoms with Crippen LogP contribution in [0.3, 0.4) is 0 Å². The average molecular weight is 401 g/mol. The van der Waals surface area contributed by atoms with E-state index in [1.165, 1.54) is 29.7 Å². The first-order valence-corrected chi connectivity index (χ1v) is 9.89. The average Bonchev–Trinajstić information content (AvgIpc) is 3.12. The van der Waals surface area contributed by atoms with Crippen molar-refractivity contribution in [3.63, 3.8) is 0 Å². The Morgan fingerprint density at radius 3 is 2.59 bits per heavy atom. The van der Waals surface area contributed by atoms with Gasteiger partial charge in [-0.15, -0.1) is 11.3 Å². The maximum atomic E-state index is 10.5. The lowest BCUT2D eigenvalue weighted by Crippen LogP contribution is -2.29. The van der Waals surface area contributed by atoms with E-state index in [-0.39, 0.29) is 11.3 Å². The number of benzene rings is 2. The van der Waals surface area contributed by atoms with Gasteiger partial charge < -0.3 is 10.8 Å². The highest BCUT2D eigenvalue weighted by atomic mass is 35.5. The number of thiophene rings is 1. The van der Waals surface area contributed by atoms with Crippen molar-refractivity contribution in [3.8, 4) is 5.75 Å². The first-order chi connectivity index (χ1) is 13.0. The van der Waals surface area contributed by atoms with Crippen LogP contribution in [0.15, 0.2) is 60.0 Å². The number of para-hydroxylation sites is 1. The molecule has 0 aliphatic carbocycles. The maximum Gasteiger partial charge on any atom is 0.252 e. The lowest BCUT2D eigenvalue weighted by molar-refractivity contribution is 0.0998. The summed E-state index contributed by atoms with van der Waals surface area (Å²) < 4.78 is 0. The third-order valence-electron chi connectivity index (χ3n) is 4.41. The number of carbonyl (C=O) groups excluding carboxylic acids is 1. The molecule has 1 aliphatic heterocycles. The number of halogens is 1.